The Hall–Kier alpha value is -1.35. The van der Waals surface area contributed by atoms with Crippen molar-refractivity contribution in [1.82, 2.24) is 0 Å². The van der Waals surface area contributed by atoms with Crippen LogP contribution in [0.25, 0.3) is 0 Å². The minimum atomic E-state index is -0.118. The van der Waals surface area contributed by atoms with Crippen LogP contribution < -0.4 is 5.32 Å². The summed E-state index contributed by atoms with van der Waals surface area (Å²) in [6, 6.07) is 8.14. The molecule has 0 spiro atoms. The van der Waals surface area contributed by atoms with E-state index in [0.29, 0.717) is 12.5 Å². The first-order valence-electron chi connectivity index (χ1n) is 6.77. The molecule has 1 saturated carbocycles. The van der Waals surface area contributed by atoms with Crippen LogP contribution >= 0.6 is 0 Å². The number of anilines is 1. The lowest BCUT2D eigenvalue weighted by atomic mass is 9.93. The van der Waals surface area contributed by atoms with Gasteiger partial charge in [0.25, 0.3) is 0 Å². The zero-order valence-electron chi connectivity index (χ0n) is 10.9. The van der Waals surface area contributed by atoms with Gasteiger partial charge in [0.2, 0.25) is 0 Å². The van der Waals surface area contributed by atoms with Gasteiger partial charge in [0.15, 0.2) is 5.78 Å². The Morgan fingerprint density at radius 3 is 2.39 bits per heavy atom. The van der Waals surface area contributed by atoms with E-state index < -0.39 is 0 Å². The second kappa shape index (κ2) is 6.01. The first kappa shape index (κ1) is 13.1. The molecule has 0 saturated heterocycles. The summed E-state index contributed by atoms with van der Waals surface area (Å²) in [7, 11) is 0. The molecule has 0 heterocycles. The van der Waals surface area contributed by atoms with Crippen LogP contribution in [0.2, 0.25) is 0 Å². The van der Waals surface area contributed by atoms with E-state index in [1.165, 1.54) is 0 Å². The molecule has 0 unspecified atom stereocenters. The molecule has 0 bridgehead atoms. The van der Waals surface area contributed by atoms with Crippen LogP contribution in [0.1, 0.15) is 49.4 Å². The molecule has 1 aromatic rings. The molecule has 18 heavy (non-hydrogen) atoms. The predicted octanol–water partition coefficient (Wildman–Crippen LogP) is 2.99. The Labute approximate surface area is 108 Å². The number of ketones is 1. The number of carbonyl (C=O) groups excluding carboxylic acids is 1. The Balaban J connectivity index is 1.92. The number of nitrogens with one attached hydrogen (secondary N) is 1. The topological polar surface area (TPSA) is 49.3 Å². The highest BCUT2D eigenvalue weighted by Crippen LogP contribution is 2.22. The molecular weight excluding hydrogens is 226 g/mol. The largest absolute Gasteiger partial charge is 0.393 e. The fourth-order valence-electron chi connectivity index (χ4n) is 2.41. The number of carbonyl (C=O) groups is 1. The number of aliphatic hydroxyl groups is 1. The summed E-state index contributed by atoms with van der Waals surface area (Å²) < 4.78 is 0. The van der Waals surface area contributed by atoms with E-state index in [4.69, 9.17) is 0 Å². The Morgan fingerprint density at radius 1 is 1.22 bits per heavy atom. The van der Waals surface area contributed by atoms with Gasteiger partial charge in [0.05, 0.1) is 6.10 Å². The lowest BCUT2D eigenvalue weighted by Gasteiger charge is -2.27. The average Bonchev–Trinajstić information content (AvgIpc) is 2.41. The molecule has 1 aliphatic rings. The van der Waals surface area contributed by atoms with E-state index in [2.05, 4.69) is 5.32 Å². The quantitative estimate of drug-likeness (QED) is 0.804. The second-order valence-corrected chi connectivity index (χ2v) is 5.00. The number of hydrogen-bond donors (Lipinski definition) is 2. The van der Waals surface area contributed by atoms with Gasteiger partial charge in [-0.25, -0.2) is 0 Å². The number of hydrogen-bond acceptors (Lipinski definition) is 3. The summed E-state index contributed by atoms with van der Waals surface area (Å²) in [5, 5.41) is 12.9. The lowest BCUT2D eigenvalue weighted by Crippen LogP contribution is -2.28. The van der Waals surface area contributed by atoms with Crippen molar-refractivity contribution < 1.29 is 9.90 Å². The van der Waals surface area contributed by atoms with Gasteiger partial charge in [-0.2, -0.15) is 0 Å². The molecule has 2 rings (SSSR count). The maximum absolute atomic E-state index is 11.5. The molecule has 0 amide bonds. The summed E-state index contributed by atoms with van der Waals surface area (Å²) in [4.78, 5) is 11.5. The molecule has 98 valence electrons. The van der Waals surface area contributed by atoms with Crippen molar-refractivity contribution in [3.8, 4) is 0 Å². The SMILES string of the molecule is CCC(=O)c1ccc(NC2CCC(O)CC2)cc1. The van der Waals surface area contributed by atoms with Gasteiger partial charge in [-0.1, -0.05) is 6.92 Å². The summed E-state index contributed by atoms with van der Waals surface area (Å²) in [5.74, 6) is 0.183. The van der Waals surface area contributed by atoms with E-state index in [1.54, 1.807) is 0 Å². The van der Waals surface area contributed by atoms with E-state index in [9.17, 15) is 9.90 Å². The molecule has 2 N–H and O–H groups in total. The molecule has 1 aromatic carbocycles. The van der Waals surface area contributed by atoms with Crippen LogP contribution in [0.15, 0.2) is 24.3 Å². The van der Waals surface area contributed by atoms with Crippen LogP contribution in [0.4, 0.5) is 5.69 Å². The molecular formula is C15H21NO2. The zero-order valence-corrected chi connectivity index (χ0v) is 10.9. The van der Waals surface area contributed by atoms with Crippen LogP contribution in [0.5, 0.6) is 0 Å². The first-order chi connectivity index (χ1) is 8.69. The summed E-state index contributed by atoms with van der Waals surface area (Å²) in [6.45, 7) is 1.88. The minimum Gasteiger partial charge on any atom is -0.393 e. The van der Waals surface area contributed by atoms with E-state index >= 15 is 0 Å². The molecule has 1 aliphatic carbocycles. The fourth-order valence-corrected chi connectivity index (χ4v) is 2.41. The molecule has 0 atom stereocenters. The highest BCUT2D eigenvalue weighted by Gasteiger charge is 2.18. The van der Waals surface area contributed by atoms with Crippen molar-refractivity contribution in [3.63, 3.8) is 0 Å². The van der Waals surface area contributed by atoms with Crippen molar-refractivity contribution >= 4 is 11.5 Å². The van der Waals surface area contributed by atoms with Crippen LogP contribution in [0, 0.1) is 0 Å². The number of aliphatic hydroxyl groups excluding tert-OH is 1. The highest BCUT2D eigenvalue weighted by atomic mass is 16.3. The monoisotopic (exact) mass is 247 g/mol. The molecule has 3 nitrogen and oxygen atoms in total. The number of rotatable bonds is 4. The minimum absolute atomic E-state index is 0.118. The van der Waals surface area contributed by atoms with Crippen molar-refractivity contribution in [2.75, 3.05) is 5.32 Å². The average molecular weight is 247 g/mol. The second-order valence-electron chi connectivity index (χ2n) is 5.00. The first-order valence-corrected chi connectivity index (χ1v) is 6.77. The summed E-state index contributed by atoms with van der Waals surface area (Å²) >= 11 is 0. The number of benzene rings is 1. The zero-order chi connectivity index (χ0) is 13.0. The summed E-state index contributed by atoms with van der Waals surface area (Å²) in [6.07, 6.45) is 4.21. The molecule has 1 fully saturated rings. The lowest BCUT2D eigenvalue weighted by molar-refractivity contribution is 0.0988. The molecule has 0 aliphatic heterocycles. The van der Waals surface area contributed by atoms with Crippen LogP contribution in [-0.4, -0.2) is 23.0 Å². The van der Waals surface area contributed by atoms with Crippen LogP contribution in [0.3, 0.4) is 0 Å². The Bertz CT molecular complexity index is 391. The van der Waals surface area contributed by atoms with Gasteiger partial charge in [-0.05, 0) is 49.9 Å². The van der Waals surface area contributed by atoms with Gasteiger partial charge >= 0.3 is 0 Å². The van der Waals surface area contributed by atoms with Gasteiger partial charge in [-0.15, -0.1) is 0 Å². The van der Waals surface area contributed by atoms with Crippen LogP contribution in [-0.2, 0) is 0 Å². The van der Waals surface area contributed by atoms with E-state index in [1.807, 2.05) is 31.2 Å². The number of Topliss-reactive ketones (excluding diaryl/α,β-unsaturated/α-hetero) is 1. The highest BCUT2D eigenvalue weighted by molar-refractivity contribution is 5.96. The van der Waals surface area contributed by atoms with Gasteiger partial charge in [0, 0.05) is 23.7 Å². The molecule has 0 aromatic heterocycles. The van der Waals surface area contributed by atoms with Crippen molar-refractivity contribution in [3.05, 3.63) is 29.8 Å². The fraction of sp³-hybridized carbons (Fsp3) is 0.533. The van der Waals surface area contributed by atoms with Gasteiger partial charge in [-0.3, -0.25) is 4.79 Å². The third-order valence-electron chi connectivity index (χ3n) is 3.60. The van der Waals surface area contributed by atoms with Crippen molar-refractivity contribution in [1.29, 1.82) is 0 Å². The maximum atomic E-state index is 11.5. The predicted molar refractivity (Wildman–Crippen MR) is 72.9 cm³/mol. The Kier molecular flexibility index (Phi) is 4.37. The van der Waals surface area contributed by atoms with E-state index in [-0.39, 0.29) is 11.9 Å². The van der Waals surface area contributed by atoms with E-state index in [0.717, 1.165) is 36.9 Å². The standard InChI is InChI=1S/C15H21NO2/c1-2-15(18)11-3-5-12(6-4-11)16-13-7-9-14(17)10-8-13/h3-6,13-14,16-17H,2,7-10H2,1H3. The van der Waals surface area contributed by atoms with Crippen molar-refractivity contribution in [2.45, 2.75) is 51.2 Å². The molecule has 3 heteroatoms. The van der Waals surface area contributed by atoms with Gasteiger partial charge in [0.1, 0.15) is 0 Å². The normalized spacial score (nSPS) is 23.7. The van der Waals surface area contributed by atoms with Gasteiger partial charge < -0.3 is 10.4 Å². The third-order valence-corrected chi connectivity index (χ3v) is 3.60. The maximum Gasteiger partial charge on any atom is 0.162 e. The summed E-state index contributed by atoms with van der Waals surface area (Å²) in [5.41, 5.74) is 1.84. The third kappa shape index (κ3) is 3.33. The Morgan fingerprint density at radius 2 is 1.83 bits per heavy atom. The molecule has 0 radical (unpaired) electrons. The van der Waals surface area contributed by atoms with Crippen molar-refractivity contribution in [2.24, 2.45) is 0 Å². The smallest absolute Gasteiger partial charge is 0.162 e.